The molecule has 4 nitrogen and oxygen atoms in total. The van der Waals surface area contributed by atoms with E-state index in [0.717, 1.165) is 43.3 Å². The maximum absolute atomic E-state index is 5.66. The lowest BCUT2D eigenvalue weighted by atomic mass is 9.87. The van der Waals surface area contributed by atoms with Crippen molar-refractivity contribution in [3.8, 4) is 0 Å². The fourth-order valence-corrected chi connectivity index (χ4v) is 4.34. The van der Waals surface area contributed by atoms with Gasteiger partial charge in [-0.25, -0.2) is 0 Å². The molecule has 2 aliphatic heterocycles. The number of aliphatic imine (C=N–C) groups is 1. The van der Waals surface area contributed by atoms with Gasteiger partial charge in [-0.1, -0.05) is 28.1 Å². The Balaban J connectivity index is 1.39. The molecule has 3 aliphatic rings. The van der Waals surface area contributed by atoms with Crippen LogP contribution < -0.4 is 5.32 Å². The Morgan fingerprint density at radius 2 is 2.21 bits per heavy atom. The summed E-state index contributed by atoms with van der Waals surface area (Å²) in [4.78, 5) is 7.22. The summed E-state index contributed by atoms with van der Waals surface area (Å²) in [5.74, 6) is 1.72. The fourth-order valence-electron chi connectivity index (χ4n) is 4.07. The third kappa shape index (κ3) is 3.33. The maximum atomic E-state index is 5.66. The highest BCUT2D eigenvalue weighted by atomic mass is 79.9. The summed E-state index contributed by atoms with van der Waals surface area (Å²) in [6.07, 6.45) is 3.64. The highest BCUT2D eigenvalue weighted by Gasteiger charge is 2.44. The zero-order valence-corrected chi connectivity index (χ0v) is 15.9. The standard InChI is InChI=1S/C19H26BrN3O/c1-2-21-18(23-9-7-19(12-23)8-10-24-13-19)22-17-11-16(17)14-3-5-15(20)6-4-14/h3-6,16-17H,2,7-13H2,1H3,(H,21,22). The minimum absolute atomic E-state index is 0.380. The Bertz CT molecular complexity index is 610. The number of halogens is 1. The van der Waals surface area contributed by atoms with Gasteiger partial charge in [0.1, 0.15) is 0 Å². The van der Waals surface area contributed by atoms with Crippen LogP contribution in [-0.2, 0) is 4.74 Å². The molecule has 4 rings (SSSR count). The predicted octanol–water partition coefficient (Wildman–Crippen LogP) is 3.38. The van der Waals surface area contributed by atoms with Crippen LogP contribution in [-0.4, -0.2) is 49.7 Å². The molecule has 1 spiro atoms. The minimum Gasteiger partial charge on any atom is -0.381 e. The second-order valence-electron chi connectivity index (χ2n) is 7.42. The molecule has 130 valence electrons. The van der Waals surface area contributed by atoms with Gasteiger partial charge in [0.05, 0.1) is 6.61 Å². The molecule has 2 saturated heterocycles. The van der Waals surface area contributed by atoms with Crippen molar-refractivity contribution in [1.29, 1.82) is 0 Å². The van der Waals surface area contributed by atoms with Crippen molar-refractivity contribution in [1.82, 2.24) is 10.2 Å². The molecule has 3 unspecified atom stereocenters. The topological polar surface area (TPSA) is 36.9 Å². The summed E-state index contributed by atoms with van der Waals surface area (Å²) in [6, 6.07) is 9.25. The summed E-state index contributed by atoms with van der Waals surface area (Å²) >= 11 is 3.51. The Morgan fingerprint density at radius 1 is 1.38 bits per heavy atom. The van der Waals surface area contributed by atoms with E-state index in [9.17, 15) is 0 Å². The molecule has 1 saturated carbocycles. The first-order chi connectivity index (χ1) is 11.7. The fraction of sp³-hybridized carbons (Fsp3) is 0.632. The zero-order chi connectivity index (χ0) is 16.6. The summed E-state index contributed by atoms with van der Waals surface area (Å²) in [5, 5.41) is 3.73. The molecule has 1 aromatic rings. The number of benzene rings is 1. The average Bonchev–Trinajstić information content (AvgIpc) is 3.02. The Morgan fingerprint density at radius 3 is 2.92 bits per heavy atom. The van der Waals surface area contributed by atoms with Crippen molar-refractivity contribution in [2.24, 2.45) is 10.4 Å². The lowest BCUT2D eigenvalue weighted by Crippen LogP contribution is -2.43. The van der Waals surface area contributed by atoms with Crippen LogP contribution in [0, 0.1) is 5.41 Å². The molecule has 5 heteroatoms. The lowest BCUT2D eigenvalue weighted by Gasteiger charge is -2.25. The van der Waals surface area contributed by atoms with E-state index in [4.69, 9.17) is 9.73 Å². The molecule has 0 bridgehead atoms. The number of nitrogens with zero attached hydrogens (tertiary/aromatic N) is 2. The summed E-state index contributed by atoms with van der Waals surface area (Å²) in [5.41, 5.74) is 1.80. The van der Waals surface area contributed by atoms with Gasteiger partial charge in [0, 0.05) is 48.1 Å². The molecule has 2 heterocycles. The quantitative estimate of drug-likeness (QED) is 0.633. The monoisotopic (exact) mass is 391 g/mol. The zero-order valence-electron chi connectivity index (χ0n) is 14.3. The summed E-state index contributed by atoms with van der Waals surface area (Å²) in [6.45, 7) is 6.99. The van der Waals surface area contributed by atoms with Gasteiger partial charge < -0.3 is 15.0 Å². The van der Waals surface area contributed by atoms with E-state index in [1.54, 1.807) is 0 Å². The van der Waals surface area contributed by atoms with E-state index in [1.807, 2.05) is 0 Å². The van der Waals surface area contributed by atoms with Crippen LogP contribution in [0.3, 0.4) is 0 Å². The van der Waals surface area contributed by atoms with Crippen molar-refractivity contribution < 1.29 is 4.74 Å². The molecule has 0 amide bonds. The minimum atomic E-state index is 0.380. The van der Waals surface area contributed by atoms with Crippen LogP contribution in [0.4, 0.5) is 0 Å². The smallest absolute Gasteiger partial charge is 0.194 e. The maximum Gasteiger partial charge on any atom is 0.194 e. The first-order valence-electron chi connectivity index (χ1n) is 9.08. The summed E-state index contributed by atoms with van der Waals surface area (Å²) < 4.78 is 6.80. The van der Waals surface area contributed by atoms with Crippen LogP contribution >= 0.6 is 15.9 Å². The SMILES string of the molecule is CCN=C(NC1CC1c1ccc(Br)cc1)N1CCC2(CCOC2)C1. The van der Waals surface area contributed by atoms with Crippen molar-refractivity contribution in [2.75, 3.05) is 32.8 Å². The Hall–Kier alpha value is -1.07. The van der Waals surface area contributed by atoms with Gasteiger partial charge >= 0.3 is 0 Å². The number of likely N-dealkylation sites (tertiary alicyclic amines) is 1. The Labute approximate surface area is 152 Å². The van der Waals surface area contributed by atoms with Crippen molar-refractivity contribution in [2.45, 2.75) is 38.1 Å². The van der Waals surface area contributed by atoms with Gasteiger partial charge in [-0.15, -0.1) is 0 Å². The molecule has 24 heavy (non-hydrogen) atoms. The van der Waals surface area contributed by atoms with Crippen LogP contribution in [0.5, 0.6) is 0 Å². The number of guanidine groups is 1. The van der Waals surface area contributed by atoms with Crippen LogP contribution in [0.15, 0.2) is 33.7 Å². The summed E-state index contributed by atoms with van der Waals surface area (Å²) in [7, 11) is 0. The highest BCUT2D eigenvalue weighted by molar-refractivity contribution is 9.10. The number of nitrogens with one attached hydrogen (secondary N) is 1. The molecule has 3 fully saturated rings. The predicted molar refractivity (Wildman–Crippen MR) is 100 cm³/mol. The molecule has 1 N–H and O–H groups in total. The molecular weight excluding hydrogens is 366 g/mol. The molecule has 1 aromatic carbocycles. The molecule has 1 aliphatic carbocycles. The van der Waals surface area contributed by atoms with Gasteiger partial charge in [0.2, 0.25) is 0 Å². The van der Waals surface area contributed by atoms with Gasteiger partial charge in [-0.05, 0) is 43.9 Å². The first-order valence-corrected chi connectivity index (χ1v) is 9.88. The molecule has 0 aromatic heterocycles. The largest absolute Gasteiger partial charge is 0.381 e. The van der Waals surface area contributed by atoms with Gasteiger partial charge in [0.15, 0.2) is 5.96 Å². The van der Waals surface area contributed by atoms with Crippen LogP contribution in [0.25, 0.3) is 0 Å². The van der Waals surface area contributed by atoms with E-state index in [1.165, 1.54) is 24.8 Å². The van der Waals surface area contributed by atoms with Gasteiger partial charge in [-0.3, -0.25) is 4.99 Å². The van der Waals surface area contributed by atoms with E-state index >= 15 is 0 Å². The first kappa shape index (κ1) is 16.4. The molecule has 3 atom stereocenters. The number of hydrogen-bond donors (Lipinski definition) is 1. The van der Waals surface area contributed by atoms with Crippen molar-refractivity contribution in [3.05, 3.63) is 34.3 Å². The van der Waals surface area contributed by atoms with E-state index < -0.39 is 0 Å². The van der Waals surface area contributed by atoms with E-state index in [2.05, 4.69) is 57.3 Å². The second kappa shape index (κ2) is 6.68. The van der Waals surface area contributed by atoms with E-state index in [-0.39, 0.29) is 0 Å². The van der Waals surface area contributed by atoms with Crippen molar-refractivity contribution >= 4 is 21.9 Å². The molecule has 0 radical (unpaired) electrons. The average molecular weight is 392 g/mol. The number of rotatable bonds is 3. The Kier molecular flexibility index (Phi) is 4.56. The van der Waals surface area contributed by atoms with Crippen molar-refractivity contribution in [3.63, 3.8) is 0 Å². The highest BCUT2D eigenvalue weighted by Crippen LogP contribution is 2.42. The third-order valence-electron chi connectivity index (χ3n) is 5.63. The lowest BCUT2D eigenvalue weighted by molar-refractivity contribution is 0.156. The number of hydrogen-bond acceptors (Lipinski definition) is 2. The number of ether oxygens (including phenoxy) is 1. The normalized spacial score (nSPS) is 32.6. The van der Waals surface area contributed by atoms with Gasteiger partial charge in [0.25, 0.3) is 0 Å². The van der Waals surface area contributed by atoms with Crippen LogP contribution in [0.1, 0.15) is 37.7 Å². The molecular formula is C19H26BrN3O. The van der Waals surface area contributed by atoms with E-state index in [0.29, 0.717) is 17.4 Å². The second-order valence-corrected chi connectivity index (χ2v) is 8.33. The van der Waals surface area contributed by atoms with Gasteiger partial charge in [-0.2, -0.15) is 0 Å². The third-order valence-corrected chi connectivity index (χ3v) is 6.16. The van der Waals surface area contributed by atoms with Crippen LogP contribution in [0.2, 0.25) is 0 Å².